The maximum Gasteiger partial charge on any atom is 0.257 e. The minimum atomic E-state index is -0.670. The zero-order valence-corrected chi connectivity index (χ0v) is 13.8. The number of nitrogens with zero attached hydrogens (tertiary/aromatic N) is 1. The van der Waals surface area contributed by atoms with Crippen LogP contribution >= 0.6 is 0 Å². The van der Waals surface area contributed by atoms with Gasteiger partial charge in [-0.15, -0.1) is 0 Å². The molecule has 2 aromatic rings. The van der Waals surface area contributed by atoms with Crippen LogP contribution in [0, 0.1) is 18.6 Å². The molecule has 1 aliphatic rings. The van der Waals surface area contributed by atoms with Crippen molar-refractivity contribution in [3.05, 3.63) is 65.2 Å². The van der Waals surface area contributed by atoms with Gasteiger partial charge in [0.05, 0.1) is 5.56 Å². The summed E-state index contributed by atoms with van der Waals surface area (Å²) in [4.78, 5) is 26.6. The van der Waals surface area contributed by atoms with E-state index in [9.17, 15) is 18.4 Å². The van der Waals surface area contributed by atoms with Crippen LogP contribution in [0.5, 0.6) is 0 Å². The Morgan fingerprint density at radius 1 is 1.16 bits per heavy atom. The third-order valence-electron chi connectivity index (χ3n) is 4.37. The van der Waals surface area contributed by atoms with E-state index >= 15 is 0 Å². The van der Waals surface area contributed by atoms with Gasteiger partial charge in [-0.3, -0.25) is 9.59 Å². The highest BCUT2D eigenvalue weighted by Gasteiger charge is 2.35. The molecule has 0 radical (unpaired) electrons. The van der Waals surface area contributed by atoms with Crippen molar-refractivity contribution >= 4 is 17.5 Å². The van der Waals surface area contributed by atoms with Crippen molar-refractivity contribution in [2.45, 2.75) is 25.8 Å². The predicted octanol–water partition coefficient (Wildman–Crippen LogP) is 3.52. The van der Waals surface area contributed by atoms with Crippen LogP contribution < -0.4 is 5.32 Å². The second kappa shape index (κ2) is 7.01. The minimum Gasteiger partial charge on any atom is -0.327 e. The molecule has 0 aliphatic carbocycles. The molecule has 0 bridgehead atoms. The van der Waals surface area contributed by atoms with E-state index < -0.39 is 17.8 Å². The lowest BCUT2D eigenvalue weighted by molar-refractivity contribution is -0.119. The average Bonchev–Trinajstić information content (AvgIpc) is 3.07. The fourth-order valence-electron chi connectivity index (χ4n) is 3.06. The lowest BCUT2D eigenvalue weighted by atomic mass is 10.1. The first kappa shape index (κ1) is 17.1. The van der Waals surface area contributed by atoms with Gasteiger partial charge in [-0.2, -0.15) is 0 Å². The molecule has 3 rings (SSSR count). The van der Waals surface area contributed by atoms with Gasteiger partial charge in [0.25, 0.3) is 5.91 Å². The summed E-state index contributed by atoms with van der Waals surface area (Å²) >= 11 is 0. The molecule has 2 amide bonds. The van der Waals surface area contributed by atoms with Crippen molar-refractivity contribution in [1.82, 2.24) is 4.90 Å². The lowest BCUT2D eigenvalue weighted by Gasteiger charge is -2.24. The Morgan fingerprint density at radius 3 is 2.64 bits per heavy atom. The molecule has 0 saturated carbocycles. The summed E-state index contributed by atoms with van der Waals surface area (Å²) in [6.07, 6.45) is 1.17. The number of amides is 2. The minimum absolute atomic E-state index is 0.0415. The highest BCUT2D eigenvalue weighted by Crippen LogP contribution is 2.24. The Balaban J connectivity index is 1.78. The van der Waals surface area contributed by atoms with Crippen LogP contribution in [0.1, 0.15) is 28.8 Å². The van der Waals surface area contributed by atoms with Gasteiger partial charge in [-0.25, -0.2) is 8.78 Å². The van der Waals surface area contributed by atoms with Crippen LogP contribution in [0.3, 0.4) is 0 Å². The summed E-state index contributed by atoms with van der Waals surface area (Å²) in [5.74, 6) is -1.83. The maximum atomic E-state index is 13.9. The topological polar surface area (TPSA) is 49.4 Å². The molecule has 1 fully saturated rings. The van der Waals surface area contributed by atoms with E-state index in [2.05, 4.69) is 5.32 Å². The summed E-state index contributed by atoms with van der Waals surface area (Å²) in [6.45, 7) is 2.09. The van der Waals surface area contributed by atoms with Gasteiger partial charge in [0.2, 0.25) is 5.91 Å². The standard InChI is InChI=1S/C19H18F2N2O2/c1-12-11-13(20)8-9-16(12)22-18(24)17-7-4-10-23(17)19(25)14-5-2-3-6-15(14)21/h2-3,5-6,8-9,11,17H,4,7,10H2,1H3,(H,22,24)/t17-/m0/s1. The first-order valence-corrected chi connectivity index (χ1v) is 8.10. The Hall–Kier alpha value is -2.76. The average molecular weight is 344 g/mol. The molecule has 25 heavy (non-hydrogen) atoms. The Morgan fingerprint density at radius 2 is 1.92 bits per heavy atom. The molecule has 4 nitrogen and oxygen atoms in total. The summed E-state index contributed by atoms with van der Waals surface area (Å²) in [6, 6.07) is 9.14. The Kier molecular flexibility index (Phi) is 4.79. The van der Waals surface area contributed by atoms with E-state index in [0.29, 0.717) is 30.6 Å². The molecule has 1 aliphatic heterocycles. The number of benzene rings is 2. The number of likely N-dealkylation sites (tertiary alicyclic amines) is 1. The van der Waals surface area contributed by atoms with Gasteiger partial charge < -0.3 is 10.2 Å². The summed E-state index contributed by atoms with van der Waals surface area (Å²) in [5.41, 5.74) is 1.05. The van der Waals surface area contributed by atoms with E-state index in [-0.39, 0.29) is 17.3 Å². The first-order chi connectivity index (χ1) is 12.0. The number of hydrogen-bond donors (Lipinski definition) is 1. The number of nitrogens with one attached hydrogen (secondary N) is 1. The Labute approximate surface area is 144 Å². The van der Waals surface area contributed by atoms with Crippen molar-refractivity contribution < 1.29 is 18.4 Å². The zero-order chi connectivity index (χ0) is 18.0. The zero-order valence-electron chi connectivity index (χ0n) is 13.8. The molecule has 1 N–H and O–H groups in total. The molecule has 6 heteroatoms. The van der Waals surface area contributed by atoms with Crippen LogP contribution in [-0.2, 0) is 4.79 Å². The van der Waals surface area contributed by atoms with Gasteiger partial charge in [0, 0.05) is 12.2 Å². The van der Waals surface area contributed by atoms with Crippen LogP contribution in [0.25, 0.3) is 0 Å². The van der Waals surface area contributed by atoms with E-state index in [1.54, 1.807) is 13.0 Å². The highest BCUT2D eigenvalue weighted by molar-refractivity contribution is 6.01. The third kappa shape index (κ3) is 3.52. The highest BCUT2D eigenvalue weighted by atomic mass is 19.1. The monoisotopic (exact) mass is 344 g/mol. The van der Waals surface area contributed by atoms with Crippen LogP contribution in [0.15, 0.2) is 42.5 Å². The number of carbonyl (C=O) groups excluding carboxylic acids is 2. The number of rotatable bonds is 3. The van der Waals surface area contributed by atoms with Crippen molar-refractivity contribution in [3.8, 4) is 0 Å². The largest absolute Gasteiger partial charge is 0.327 e. The maximum absolute atomic E-state index is 13.9. The third-order valence-corrected chi connectivity index (χ3v) is 4.37. The fourth-order valence-corrected chi connectivity index (χ4v) is 3.06. The van der Waals surface area contributed by atoms with Gasteiger partial charge in [-0.05, 0) is 55.7 Å². The van der Waals surface area contributed by atoms with Gasteiger partial charge in [0.1, 0.15) is 17.7 Å². The van der Waals surface area contributed by atoms with Crippen molar-refractivity contribution in [2.75, 3.05) is 11.9 Å². The number of aryl methyl sites for hydroxylation is 1. The number of carbonyl (C=O) groups is 2. The van der Waals surface area contributed by atoms with Gasteiger partial charge >= 0.3 is 0 Å². The molecule has 0 spiro atoms. The molecule has 0 unspecified atom stereocenters. The van der Waals surface area contributed by atoms with Crippen LogP contribution in [-0.4, -0.2) is 29.3 Å². The van der Waals surface area contributed by atoms with Crippen LogP contribution in [0.4, 0.5) is 14.5 Å². The van der Waals surface area contributed by atoms with Gasteiger partial charge in [-0.1, -0.05) is 12.1 Å². The van der Waals surface area contributed by atoms with Crippen molar-refractivity contribution in [2.24, 2.45) is 0 Å². The predicted molar refractivity (Wildman–Crippen MR) is 90.2 cm³/mol. The molecular formula is C19H18F2N2O2. The second-order valence-electron chi connectivity index (χ2n) is 6.08. The number of halogens is 2. The molecule has 1 atom stereocenters. The Bertz CT molecular complexity index is 823. The van der Waals surface area contributed by atoms with Crippen LogP contribution in [0.2, 0.25) is 0 Å². The molecule has 2 aromatic carbocycles. The number of hydrogen-bond acceptors (Lipinski definition) is 2. The molecule has 130 valence electrons. The van der Waals surface area contributed by atoms with Crippen molar-refractivity contribution in [1.29, 1.82) is 0 Å². The van der Waals surface area contributed by atoms with E-state index in [1.165, 1.54) is 41.3 Å². The van der Waals surface area contributed by atoms with E-state index in [4.69, 9.17) is 0 Å². The molecule has 1 saturated heterocycles. The van der Waals surface area contributed by atoms with Gasteiger partial charge in [0.15, 0.2) is 0 Å². The summed E-state index contributed by atoms with van der Waals surface area (Å²) in [7, 11) is 0. The first-order valence-electron chi connectivity index (χ1n) is 8.10. The second-order valence-corrected chi connectivity index (χ2v) is 6.08. The summed E-state index contributed by atoms with van der Waals surface area (Å²) in [5, 5.41) is 2.74. The fraction of sp³-hybridized carbons (Fsp3) is 0.263. The normalized spacial score (nSPS) is 16.8. The number of anilines is 1. The van der Waals surface area contributed by atoms with Crippen molar-refractivity contribution in [3.63, 3.8) is 0 Å². The SMILES string of the molecule is Cc1cc(F)ccc1NC(=O)[C@@H]1CCCN1C(=O)c1ccccc1F. The molecule has 1 heterocycles. The lowest BCUT2D eigenvalue weighted by Crippen LogP contribution is -2.43. The van der Waals surface area contributed by atoms with E-state index in [0.717, 1.165) is 0 Å². The quantitative estimate of drug-likeness (QED) is 0.926. The molecule has 0 aromatic heterocycles. The molecular weight excluding hydrogens is 326 g/mol. The smallest absolute Gasteiger partial charge is 0.257 e. The van der Waals surface area contributed by atoms with E-state index in [1.807, 2.05) is 0 Å². The summed E-state index contributed by atoms with van der Waals surface area (Å²) < 4.78 is 27.1.